The molecule has 0 atom stereocenters. The van der Waals surface area contributed by atoms with E-state index in [-0.39, 0.29) is 29.3 Å². The first-order valence-corrected chi connectivity index (χ1v) is 10.2. The number of carbonyl (C=O) groups excluding carboxylic acids is 1. The normalized spacial score (nSPS) is 13.0. The quantitative estimate of drug-likeness (QED) is 0.386. The van der Waals surface area contributed by atoms with Crippen molar-refractivity contribution in [2.24, 2.45) is 5.73 Å². The predicted molar refractivity (Wildman–Crippen MR) is 115 cm³/mol. The number of hydrogen-bond donors (Lipinski definition) is 4. The second kappa shape index (κ2) is 7.04. The Bertz CT molecular complexity index is 1350. The fourth-order valence-corrected chi connectivity index (χ4v) is 4.68. The topological polar surface area (TPSA) is 158 Å². The van der Waals surface area contributed by atoms with E-state index in [1.54, 1.807) is 12.3 Å². The first-order valence-electron chi connectivity index (χ1n) is 9.38. The molecule has 0 saturated heterocycles. The number of fused-ring (bicyclic) bond motifs is 2. The van der Waals surface area contributed by atoms with Gasteiger partial charge in [0.2, 0.25) is 5.91 Å². The number of H-pyrrole nitrogens is 1. The Balaban J connectivity index is 1.56. The third-order valence-corrected chi connectivity index (χ3v) is 6.12. The number of aryl methyl sites for hydroxylation is 1. The Kier molecular flexibility index (Phi) is 4.33. The summed E-state index contributed by atoms with van der Waals surface area (Å²) >= 11 is 1.40. The molecule has 4 aromatic rings. The van der Waals surface area contributed by atoms with Gasteiger partial charge in [-0.1, -0.05) is 0 Å². The Morgan fingerprint density at radius 3 is 3.00 bits per heavy atom. The minimum atomic E-state index is -0.370. The van der Waals surface area contributed by atoms with Crippen molar-refractivity contribution in [3.63, 3.8) is 0 Å². The molecule has 0 spiro atoms. The first kappa shape index (κ1) is 18.5. The number of anilines is 2. The van der Waals surface area contributed by atoms with E-state index < -0.39 is 0 Å². The molecule has 0 saturated carbocycles. The fourth-order valence-electron chi connectivity index (χ4n) is 3.68. The molecule has 0 unspecified atom stereocenters. The van der Waals surface area contributed by atoms with Crippen LogP contribution in [0.2, 0.25) is 0 Å². The van der Waals surface area contributed by atoms with Gasteiger partial charge in [-0.2, -0.15) is 5.10 Å². The number of hydrogen-bond acceptors (Lipinski definition) is 8. The monoisotopic (exact) mass is 422 g/mol. The molecule has 152 valence electrons. The Morgan fingerprint density at radius 1 is 1.30 bits per heavy atom. The molecule has 30 heavy (non-hydrogen) atoms. The van der Waals surface area contributed by atoms with E-state index in [0.29, 0.717) is 21.7 Å². The average molecular weight is 422 g/mol. The molecule has 5 heterocycles. The number of amides is 1. The zero-order valence-electron chi connectivity index (χ0n) is 15.8. The molecule has 4 aromatic heterocycles. The molecule has 6 N–H and O–H groups in total. The van der Waals surface area contributed by atoms with E-state index in [1.807, 2.05) is 10.9 Å². The van der Waals surface area contributed by atoms with Crippen LogP contribution in [0, 0.1) is 0 Å². The van der Waals surface area contributed by atoms with Crippen LogP contribution in [0.5, 0.6) is 0 Å². The number of aromatic amines is 1. The highest BCUT2D eigenvalue weighted by molar-refractivity contribution is 7.18. The zero-order valence-corrected chi connectivity index (χ0v) is 16.6. The maximum atomic E-state index is 12.8. The molecule has 5 rings (SSSR count). The number of nitrogens with one attached hydrogen (secondary N) is 2. The van der Waals surface area contributed by atoms with Crippen LogP contribution in [0.4, 0.5) is 11.4 Å². The van der Waals surface area contributed by atoms with Gasteiger partial charge in [-0.15, -0.1) is 11.3 Å². The van der Waals surface area contributed by atoms with Crippen molar-refractivity contribution in [1.82, 2.24) is 24.7 Å². The molecule has 10 nitrogen and oxygen atoms in total. The number of thiazole rings is 1. The van der Waals surface area contributed by atoms with E-state index >= 15 is 0 Å². The molecule has 0 fully saturated rings. The summed E-state index contributed by atoms with van der Waals surface area (Å²) in [7, 11) is 0. The van der Waals surface area contributed by atoms with Crippen LogP contribution in [-0.4, -0.2) is 37.2 Å². The molecule has 0 radical (unpaired) electrons. The second-order valence-corrected chi connectivity index (χ2v) is 8.01. The van der Waals surface area contributed by atoms with Crippen LogP contribution in [0.3, 0.4) is 0 Å². The Labute approximate surface area is 174 Å². The van der Waals surface area contributed by atoms with Gasteiger partial charge in [0.15, 0.2) is 0 Å². The van der Waals surface area contributed by atoms with Crippen LogP contribution in [0.1, 0.15) is 12.1 Å². The molecular formula is C19H18N8O2S. The summed E-state index contributed by atoms with van der Waals surface area (Å²) in [6, 6.07) is 1.60. The van der Waals surface area contributed by atoms with Gasteiger partial charge in [0, 0.05) is 24.0 Å². The van der Waals surface area contributed by atoms with E-state index in [9.17, 15) is 9.59 Å². The lowest BCUT2D eigenvalue weighted by atomic mass is 10.2. The van der Waals surface area contributed by atoms with Crippen molar-refractivity contribution in [2.75, 3.05) is 17.6 Å². The molecule has 0 aliphatic carbocycles. The van der Waals surface area contributed by atoms with Crippen LogP contribution >= 0.6 is 11.3 Å². The number of carbonyl (C=O) groups is 1. The maximum Gasteiger partial charge on any atom is 0.260 e. The minimum absolute atomic E-state index is 0.150. The summed E-state index contributed by atoms with van der Waals surface area (Å²) < 4.78 is 2.01. The van der Waals surface area contributed by atoms with Gasteiger partial charge in [-0.3, -0.25) is 19.3 Å². The van der Waals surface area contributed by atoms with Crippen molar-refractivity contribution >= 4 is 39.7 Å². The van der Waals surface area contributed by atoms with Crippen LogP contribution < -0.4 is 22.3 Å². The summed E-state index contributed by atoms with van der Waals surface area (Å²) in [6.45, 7) is 0.778. The van der Waals surface area contributed by atoms with Crippen molar-refractivity contribution in [3.05, 3.63) is 40.7 Å². The van der Waals surface area contributed by atoms with Gasteiger partial charge >= 0.3 is 0 Å². The Hall–Kier alpha value is -3.57. The van der Waals surface area contributed by atoms with Gasteiger partial charge in [0.25, 0.3) is 5.56 Å². The summed E-state index contributed by atoms with van der Waals surface area (Å²) in [4.78, 5) is 36.8. The van der Waals surface area contributed by atoms with Crippen LogP contribution in [-0.2, 0) is 17.8 Å². The number of pyridine rings is 2. The highest BCUT2D eigenvalue weighted by Gasteiger charge is 2.21. The summed E-state index contributed by atoms with van der Waals surface area (Å²) in [5, 5.41) is 7.54. The van der Waals surface area contributed by atoms with Gasteiger partial charge in [0.05, 0.1) is 40.7 Å². The number of aromatic nitrogens is 5. The summed E-state index contributed by atoms with van der Waals surface area (Å²) in [5.41, 5.74) is 15.3. The molecular weight excluding hydrogens is 404 g/mol. The van der Waals surface area contributed by atoms with Gasteiger partial charge in [-0.05, 0) is 18.9 Å². The van der Waals surface area contributed by atoms with Crippen molar-refractivity contribution in [3.8, 4) is 21.0 Å². The first-order chi connectivity index (χ1) is 14.5. The fraction of sp³-hybridized carbons (Fsp3) is 0.211. The third kappa shape index (κ3) is 2.95. The number of rotatable bonds is 4. The Morgan fingerprint density at radius 2 is 2.17 bits per heavy atom. The van der Waals surface area contributed by atoms with Crippen molar-refractivity contribution in [1.29, 1.82) is 0 Å². The lowest BCUT2D eigenvalue weighted by Crippen LogP contribution is -2.22. The molecule has 0 aromatic carbocycles. The molecule has 0 bridgehead atoms. The second-order valence-electron chi connectivity index (χ2n) is 6.98. The number of nitrogen functional groups attached to an aromatic ring is 1. The van der Waals surface area contributed by atoms with E-state index in [0.717, 1.165) is 29.8 Å². The standard InChI is InChI=1S/C19H18N8O2S/c20-5-14(28)25-9-4-11-17(22-6-9)16(21)15(18(29)26-11)19-23-8-13(30-19)10-7-24-27-3-1-2-12(10)27/h4,6-8H,1-3,5,20H2,(H,25,28)(H3,21,26,29). The lowest BCUT2D eigenvalue weighted by Gasteiger charge is -2.08. The van der Waals surface area contributed by atoms with Gasteiger partial charge in [-0.25, -0.2) is 4.98 Å². The average Bonchev–Trinajstić information content (AvgIpc) is 3.44. The van der Waals surface area contributed by atoms with Crippen molar-refractivity contribution in [2.45, 2.75) is 19.4 Å². The van der Waals surface area contributed by atoms with Gasteiger partial charge < -0.3 is 21.8 Å². The number of nitrogens with zero attached hydrogens (tertiary/aromatic N) is 4. The maximum absolute atomic E-state index is 12.8. The summed E-state index contributed by atoms with van der Waals surface area (Å²) in [5.74, 6) is -0.356. The molecule has 11 heteroatoms. The highest BCUT2D eigenvalue weighted by atomic mass is 32.1. The third-order valence-electron chi connectivity index (χ3n) is 5.07. The van der Waals surface area contributed by atoms with Crippen molar-refractivity contribution < 1.29 is 4.79 Å². The van der Waals surface area contributed by atoms with E-state index in [2.05, 4.69) is 25.4 Å². The largest absolute Gasteiger partial charge is 0.396 e. The number of nitrogens with two attached hydrogens (primary N) is 2. The molecule has 1 aliphatic rings. The predicted octanol–water partition coefficient (Wildman–Crippen LogP) is 1.34. The minimum Gasteiger partial charge on any atom is -0.396 e. The summed E-state index contributed by atoms with van der Waals surface area (Å²) in [6.07, 6.45) is 7.13. The smallest absolute Gasteiger partial charge is 0.260 e. The zero-order chi connectivity index (χ0) is 20.8. The van der Waals surface area contributed by atoms with Gasteiger partial charge in [0.1, 0.15) is 16.1 Å². The van der Waals surface area contributed by atoms with E-state index in [4.69, 9.17) is 11.5 Å². The van der Waals surface area contributed by atoms with E-state index in [1.165, 1.54) is 23.2 Å². The van der Waals surface area contributed by atoms with Crippen LogP contribution in [0.15, 0.2) is 29.5 Å². The van der Waals surface area contributed by atoms with Crippen LogP contribution in [0.25, 0.3) is 32.0 Å². The molecule has 1 aliphatic heterocycles. The highest BCUT2D eigenvalue weighted by Crippen LogP contribution is 2.37. The molecule has 1 amide bonds. The lowest BCUT2D eigenvalue weighted by molar-refractivity contribution is -0.114. The SMILES string of the molecule is NCC(=O)Nc1cnc2c(N)c(-c3ncc(-c4cnn5c4CCC5)s3)c(=O)[nH]c2c1.